The molecule has 3 rings (SSSR count). The number of esters is 1. The molecule has 0 spiro atoms. The third-order valence-electron chi connectivity index (χ3n) is 3.29. The molecule has 2 aromatic rings. The Kier molecular flexibility index (Phi) is 4.37. The second-order valence-corrected chi connectivity index (χ2v) is 4.93. The summed E-state index contributed by atoms with van der Waals surface area (Å²) in [4.78, 5) is 16.0. The lowest BCUT2D eigenvalue weighted by Gasteiger charge is -2.06. The second kappa shape index (κ2) is 6.62. The first-order chi connectivity index (χ1) is 11.6. The van der Waals surface area contributed by atoms with Gasteiger partial charge < -0.3 is 9.47 Å². The highest BCUT2D eigenvalue weighted by atomic mass is 19.1. The third-order valence-corrected chi connectivity index (χ3v) is 3.29. The number of cyclic esters (lactones) is 1. The first-order valence-corrected chi connectivity index (χ1v) is 7.28. The van der Waals surface area contributed by atoms with Gasteiger partial charge in [-0.3, -0.25) is 0 Å². The van der Waals surface area contributed by atoms with Crippen molar-refractivity contribution < 1.29 is 23.0 Å². The topological polar surface area (TPSA) is 47.9 Å². The van der Waals surface area contributed by atoms with Crippen LogP contribution in [0, 0.1) is 11.6 Å². The van der Waals surface area contributed by atoms with Crippen LogP contribution in [0.15, 0.2) is 53.2 Å². The maximum Gasteiger partial charge on any atom is 0.363 e. The number of hydrogen-bond acceptors (Lipinski definition) is 4. The molecule has 0 atom stereocenters. The van der Waals surface area contributed by atoms with Crippen LogP contribution in [0.1, 0.15) is 18.1 Å². The summed E-state index contributed by atoms with van der Waals surface area (Å²) in [5, 5.41) is 0. The summed E-state index contributed by atoms with van der Waals surface area (Å²) < 4.78 is 37.2. The van der Waals surface area contributed by atoms with E-state index in [0.29, 0.717) is 24.0 Å². The summed E-state index contributed by atoms with van der Waals surface area (Å²) in [6.45, 7) is 2.32. The fourth-order valence-electron chi connectivity index (χ4n) is 2.22. The minimum absolute atomic E-state index is 0.0147. The van der Waals surface area contributed by atoms with Gasteiger partial charge in [0.2, 0.25) is 5.90 Å². The summed E-state index contributed by atoms with van der Waals surface area (Å²) >= 11 is 0. The van der Waals surface area contributed by atoms with Crippen molar-refractivity contribution in [3.63, 3.8) is 0 Å². The van der Waals surface area contributed by atoms with Gasteiger partial charge in [0.15, 0.2) is 5.70 Å². The zero-order chi connectivity index (χ0) is 17.1. The van der Waals surface area contributed by atoms with Crippen LogP contribution in [0.3, 0.4) is 0 Å². The Morgan fingerprint density at radius 1 is 1.21 bits per heavy atom. The SMILES string of the molecule is CCOc1ccccc1C=C1N=C(c2ccc(F)cc2F)OC1=O. The van der Waals surface area contributed by atoms with Gasteiger partial charge in [-0.05, 0) is 31.2 Å². The predicted octanol–water partition coefficient (Wildman–Crippen LogP) is 3.71. The number of ether oxygens (including phenoxy) is 2. The largest absolute Gasteiger partial charge is 0.493 e. The van der Waals surface area contributed by atoms with Crippen LogP contribution in [0.4, 0.5) is 8.78 Å². The highest BCUT2D eigenvalue weighted by molar-refractivity contribution is 6.13. The summed E-state index contributed by atoms with van der Waals surface area (Å²) in [5.74, 6) is -1.88. The monoisotopic (exact) mass is 329 g/mol. The average Bonchev–Trinajstić information content (AvgIpc) is 2.90. The van der Waals surface area contributed by atoms with Crippen molar-refractivity contribution >= 4 is 17.9 Å². The van der Waals surface area contributed by atoms with E-state index in [1.807, 2.05) is 13.0 Å². The molecule has 6 heteroatoms. The van der Waals surface area contributed by atoms with E-state index in [2.05, 4.69) is 4.99 Å². The molecule has 4 nitrogen and oxygen atoms in total. The van der Waals surface area contributed by atoms with Crippen molar-refractivity contribution in [1.82, 2.24) is 0 Å². The first-order valence-electron chi connectivity index (χ1n) is 7.28. The van der Waals surface area contributed by atoms with Crippen LogP contribution in [0.2, 0.25) is 0 Å². The molecule has 1 aliphatic rings. The van der Waals surface area contributed by atoms with Crippen molar-refractivity contribution in [2.24, 2.45) is 4.99 Å². The van der Waals surface area contributed by atoms with E-state index < -0.39 is 17.6 Å². The lowest BCUT2D eigenvalue weighted by atomic mass is 10.1. The van der Waals surface area contributed by atoms with Crippen molar-refractivity contribution in [2.75, 3.05) is 6.61 Å². The molecule has 0 amide bonds. The van der Waals surface area contributed by atoms with E-state index in [4.69, 9.17) is 9.47 Å². The van der Waals surface area contributed by atoms with E-state index in [0.717, 1.165) is 6.07 Å². The number of hydrogen-bond donors (Lipinski definition) is 0. The highest BCUT2D eigenvalue weighted by Crippen LogP contribution is 2.25. The van der Waals surface area contributed by atoms with Crippen LogP contribution in [-0.4, -0.2) is 18.5 Å². The Bertz CT molecular complexity index is 859. The molecule has 0 saturated carbocycles. The molecule has 2 aromatic carbocycles. The van der Waals surface area contributed by atoms with Gasteiger partial charge in [-0.25, -0.2) is 18.6 Å². The van der Waals surface area contributed by atoms with Gasteiger partial charge in [-0.1, -0.05) is 18.2 Å². The zero-order valence-electron chi connectivity index (χ0n) is 12.8. The van der Waals surface area contributed by atoms with E-state index in [1.165, 1.54) is 12.1 Å². The second-order valence-electron chi connectivity index (χ2n) is 4.93. The molecule has 24 heavy (non-hydrogen) atoms. The lowest BCUT2D eigenvalue weighted by Crippen LogP contribution is -2.07. The van der Waals surface area contributed by atoms with Gasteiger partial charge >= 0.3 is 5.97 Å². The van der Waals surface area contributed by atoms with E-state index >= 15 is 0 Å². The Labute approximate surface area is 137 Å². The van der Waals surface area contributed by atoms with Gasteiger partial charge in [0, 0.05) is 11.6 Å². The molecule has 0 aromatic heterocycles. The van der Waals surface area contributed by atoms with Crippen molar-refractivity contribution in [3.05, 3.63) is 70.9 Å². The molecule has 122 valence electrons. The fourth-order valence-corrected chi connectivity index (χ4v) is 2.22. The summed E-state index contributed by atoms with van der Waals surface area (Å²) in [6.07, 6.45) is 1.50. The number of carbonyl (C=O) groups excluding carboxylic acids is 1. The Morgan fingerprint density at radius 3 is 2.75 bits per heavy atom. The normalized spacial score (nSPS) is 15.4. The van der Waals surface area contributed by atoms with Gasteiger partial charge in [-0.2, -0.15) is 0 Å². The molecular weight excluding hydrogens is 316 g/mol. The van der Waals surface area contributed by atoms with Gasteiger partial charge in [0.25, 0.3) is 0 Å². The maximum absolute atomic E-state index is 13.8. The Balaban J connectivity index is 1.97. The minimum atomic E-state index is -0.850. The summed E-state index contributed by atoms with van der Waals surface area (Å²) in [6, 6.07) is 10.1. The number of benzene rings is 2. The Morgan fingerprint density at radius 2 is 2.00 bits per heavy atom. The quantitative estimate of drug-likeness (QED) is 0.635. The molecular formula is C18H13F2NO3. The molecule has 0 N–H and O–H groups in total. The molecule has 0 aliphatic carbocycles. The lowest BCUT2D eigenvalue weighted by molar-refractivity contribution is -0.129. The molecule has 0 fully saturated rings. The van der Waals surface area contributed by atoms with Gasteiger partial charge in [0.05, 0.1) is 12.2 Å². The number of halogens is 2. The molecule has 0 bridgehead atoms. The minimum Gasteiger partial charge on any atom is -0.493 e. The Hall–Kier alpha value is -3.02. The summed E-state index contributed by atoms with van der Waals surface area (Å²) in [5.41, 5.74) is 0.586. The van der Waals surface area contributed by atoms with E-state index in [1.54, 1.807) is 18.2 Å². The number of aliphatic imine (C=N–C) groups is 1. The standard InChI is InChI=1S/C18H13F2NO3/c1-2-23-16-6-4-3-5-11(16)9-15-18(22)24-17(21-15)13-8-7-12(19)10-14(13)20/h3-10H,2H2,1H3. The van der Waals surface area contributed by atoms with Crippen molar-refractivity contribution in [3.8, 4) is 5.75 Å². The van der Waals surface area contributed by atoms with Gasteiger partial charge in [0.1, 0.15) is 17.4 Å². The van der Waals surface area contributed by atoms with Crippen molar-refractivity contribution in [2.45, 2.75) is 6.92 Å². The van der Waals surface area contributed by atoms with Crippen LogP contribution in [0.25, 0.3) is 6.08 Å². The molecule has 0 radical (unpaired) electrons. The molecule has 0 saturated heterocycles. The van der Waals surface area contributed by atoms with Crippen LogP contribution in [0.5, 0.6) is 5.75 Å². The van der Waals surface area contributed by atoms with E-state index in [9.17, 15) is 13.6 Å². The van der Waals surface area contributed by atoms with Gasteiger partial charge in [-0.15, -0.1) is 0 Å². The summed E-state index contributed by atoms with van der Waals surface area (Å²) in [7, 11) is 0. The van der Waals surface area contributed by atoms with Crippen LogP contribution < -0.4 is 4.74 Å². The van der Waals surface area contributed by atoms with Crippen LogP contribution in [-0.2, 0) is 9.53 Å². The zero-order valence-corrected chi connectivity index (χ0v) is 12.8. The number of para-hydroxylation sites is 1. The third kappa shape index (κ3) is 3.17. The smallest absolute Gasteiger partial charge is 0.363 e. The number of nitrogens with zero attached hydrogens (tertiary/aromatic N) is 1. The fraction of sp³-hybridized carbons (Fsp3) is 0.111. The van der Waals surface area contributed by atoms with Crippen LogP contribution >= 0.6 is 0 Å². The predicted molar refractivity (Wildman–Crippen MR) is 84.6 cm³/mol. The molecule has 0 unspecified atom stereocenters. The van der Waals surface area contributed by atoms with Crippen molar-refractivity contribution in [1.29, 1.82) is 0 Å². The molecule has 1 heterocycles. The maximum atomic E-state index is 13.8. The highest BCUT2D eigenvalue weighted by Gasteiger charge is 2.26. The van der Waals surface area contributed by atoms with E-state index in [-0.39, 0.29) is 17.2 Å². The number of carbonyl (C=O) groups is 1. The molecule has 1 aliphatic heterocycles. The average molecular weight is 329 g/mol. The first kappa shape index (κ1) is 15.9. The number of rotatable bonds is 4.